The highest BCUT2D eigenvalue weighted by atomic mass is 19.1. The van der Waals surface area contributed by atoms with Crippen molar-refractivity contribution in [2.75, 3.05) is 5.32 Å². The lowest BCUT2D eigenvalue weighted by Crippen LogP contribution is -2.15. The van der Waals surface area contributed by atoms with Crippen LogP contribution in [0.25, 0.3) is 10.8 Å². The highest BCUT2D eigenvalue weighted by molar-refractivity contribution is 6.17. The predicted molar refractivity (Wildman–Crippen MR) is 108 cm³/mol. The molecule has 4 rings (SSSR count). The van der Waals surface area contributed by atoms with E-state index in [4.69, 9.17) is 0 Å². The first-order valence-corrected chi connectivity index (χ1v) is 8.82. The summed E-state index contributed by atoms with van der Waals surface area (Å²) in [5.74, 6) is -1.41. The number of fused-ring (bicyclic) bond motifs is 1. The summed E-state index contributed by atoms with van der Waals surface area (Å²) in [5.41, 5.74) is 1.03. The van der Waals surface area contributed by atoms with Crippen molar-refractivity contribution < 1.29 is 14.0 Å². The van der Waals surface area contributed by atoms with Crippen molar-refractivity contribution in [1.29, 1.82) is 0 Å². The molecule has 0 saturated carbocycles. The summed E-state index contributed by atoms with van der Waals surface area (Å²) in [4.78, 5) is 25.7. The van der Waals surface area contributed by atoms with Gasteiger partial charge in [0.1, 0.15) is 5.82 Å². The third-order valence-electron chi connectivity index (χ3n) is 4.53. The largest absolute Gasteiger partial charge is 0.321 e. The minimum absolute atomic E-state index is 0.0343. The first-order valence-electron chi connectivity index (χ1n) is 8.82. The number of hydrogen-bond donors (Lipinski definition) is 1. The summed E-state index contributed by atoms with van der Waals surface area (Å²) in [7, 11) is 0. The maximum absolute atomic E-state index is 14.2. The van der Waals surface area contributed by atoms with Crippen molar-refractivity contribution in [3.8, 4) is 0 Å². The molecule has 4 aromatic rings. The van der Waals surface area contributed by atoms with Crippen LogP contribution in [-0.2, 0) is 0 Å². The molecular weight excluding hydrogens is 353 g/mol. The van der Waals surface area contributed by atoms with Crippen LogP contribution in [0.4, 0.5) is 10.1 Å². The fourth-order valence-corrected chi connectivity index (χ4v) is 3.11. The molecule has 4 heteroatoms. The zero-order valence-corrected chi connectivity index (χ0v) is 14.9. The molecule has 0 aliphatic carbocycles. The van der Waals surface area contributed by atoms with Crippen LogP contribution < -0.4 is 5.32 Å². The van der Waals surface area contributed by atoms with E-state index in [0.29, 0.717) is 11.3 Å². The van der Waals surface area contributed by atoms with Crippen molar-refractivity contribution >= 4 is 28.2 Å². The second-order valence-electron chi connectivity index (χ2n) is 6.37. The average Bonchev–Trinajstić information content (AvgIpc) is 2.74. The number of carbonyl (C=O) groups excluding carboxylic acids is 2. The molecule has 1 N–H and O–H groups in total. The normalized spacial score (nSPS) is 10.6. The topological polar surface area (TPSA) is 46.2 Å². The Bertz CT molecular complexity index is 1190. The van der Waals surface area contributed by atoms with Gasteiger partial charge in [-0.05, 0) is 47.2 Å². The van der Waals surface area contributed by atoms with Crippen LogP contribution in [0.3, 0.4) is 0 Å². The Morgan fingerprint density at radius 2 is 1.29 bits per heavy atom. The van der Waals surface area contributed by atoms with Crippen LogP contribution in [0.15, 0.2) is 91.0 Å². The number of benzene rings is 4. The van der Waals surface area contributed by atoms with Crippen molar-refractivity contribution in [1.82, 2.24) is 0 Å². The number of ketones is 1. The Morgan fingerprint density at radius 3 is 2.00 bits per heavy atom. The SMILES string of the molecule is O=C(Nc1cc2ccccc2cc1C(=O)c1ccccc1F)c1ccccc1. The highest BCUT2D eigenvalue weighted by Crippen LogP contribution is 2.27. The van der Waals surface area contributed by atoms with Crippen LogP contribution in [0.2, 0.25) is 0 Å². The van der Waals surface area contributed by atoms with E-state index >= 15 is 0 Å². The lowest BCUT2D eigenvalue weighted by atomic mass is 9.97. The number of hydrogen-bond acceptors (Lipinski definition) is 2. The Balaban J connectivity index is 1.82. The van der Waals surface area contributed by atoms with E-state index in [1.54, 1.807) is 42.5 Å². The van der Waals surface area contributed by atoms with Crippen molar-refractivity contribution in [2.24, 2.45) is 0 Å². The summed E-state index contributed by atoms with van der Waals surface area (Å²) < 4.78 is 14.2. The molecule has 136 valence electrons. The maximum atomic E-state index is 14.2. The minimum atomic E-state index is -0.596. The van der Waals surface area contributed by atoms with E-state index in [2.05, 4.69) is 5.32 Å². The van der Waals surface area contributed by atoms with Gasteiger partial charge in [-0.25, -0.2) is 4.39 Å². The number of halogens is 1. The standard InChI is InChI=1S/C24H16FNO2/c25-21-13-7-6-12-19(21)23(27)20-14-17-10-4-5-11-18(17)15-22(20)26-24(28)16-8-2-1-3-9-16/h1-15H,(H,26,28). The average molecular weight is 369 g/mol. The molecule has 0 atom stereocenters. The summed E-state index contributed by atoms with van der Waals surface area (Å²) >= 11 is 0. The second-order valence-corrected chi connectivity index (χ2v) is 6.37. The molecule has 0 radical (unpaired) electrons. The zero-order chi connectivity index (χ0) is 19.5. The van der Waals surface area contributed by atoms with Gasteiger partial charge in [0.15, 0.2) is 5.78 Å². The Hall–Kier alpha value is -3.79. The van der Waals surface area contributed by atoms with E-state index in [0.717, 1.165) is 10.8 Å². The minimum Gasteiger partial charge on any atom is -0.321 e. The van der Waals surface area contributed by atoms with Crippen LogP contribution >= 0.6 is 0 Å². The van der Waals surface area contributed by atoms with Crippen LogP contribution in [0.5, 0.6) is 0 Å². The van der Waals surface area contributed by atoms with Crippen LogP contribution in [-0.4, -0.2) is 11.7 Å². The molecule has 0 aliphatic heterocycles. The quantitative estimate of drug-likeness (QED) is 0.485. The number of amides is 1. The van der Waals surface area contributed by atoms with E-state index in [1.807, 2.05) is 30.3 Å². The zero-order valence-electron chi connectivity index (χ0n) is 14.9. The Labute approximate surface area is 161 Å². The van der Waals surface area contributed by atoms with Gasteiger partial charge in [0.2, 0.25) is 0 Å². The number of carbonyl (C=O) groups is 2. The van der Waals surface area contributed by atoms with E-state index < -0.39 is 11.6 Å². The van der Waals surface area contributed by atoms with E-state index in [1.165, 1.54) is 18.2 Å². The smallest absolute Gasteiger partial charge is 0.255 e. The summed E-state index contributed by atoms with van der Waals surface area (Å²) in [6.45, 7) is 0. The molecule has 0 saturated heterocycles. The summed E-state index contributed by atoms with van der Waals surface area (Å²) in [6.07, 6.45) is 0. The molecule has 0 aliphatic rings. The van der Waals surface area contributed by atoms with Crippen molar-refractivity contribution in [3.63, 3.8) is 0 Å². The molecular formula is C24H16FNO2. The van der Waals surface area contributed by atoms with Gasteiger partial charge in [-0.15, -0.1) is 0 Å². The molecule has 0 bridgehead atoms. The fraction of sp³-hybridized carbons (Fsp3) is 0. The van der Waals surface area contributed by atoms with Gasteiger partial charge in [-0.2, -0.15) is 0 Å². The second kappa shape index (κ2) is 7.45. The lowest BCUT2D eigenvalue weighted by Gasteiger charge is -2.13. The molecule has 0 heterocycles. The van der Waals surface area contributed by atoms with Crippen LogP contribution in [0.1, 0.15) is 26.3 Å². The monoisotopic (exact) mass is 369 g/mol. The van der Waals surface area contributed by atoms with Gasteiger partial charge in [-0.1, -0.05) is 54.6 Å². The van der Waals surface area contributed by atoms with Gasteiger partial charge >= 0.3 is 0 Å². The fourth-order valence-electron chi connectivity index (χ4n) is 3.11. The van der Waals surface area contributed by atoms with E-state index in [-0.39, 0.29) is 17.0 Å². The molecule has 4 aromatic carbocycles. The number of rotatable bonds is 4. The van der Waals surface area contributed by atoms with Crippen molar-refractivity contribution in [2.45, 2.75) is 0 Å². The predicted octanol–water partition coefficient (Wildman–Crippen LogP) is 5.46. The van der Waals surface area contributed by atoms with Gasteiger partial charge in [0.25, 0.3) is 5.91 Å². The molecule has 3 nitrogen and oxygen atoms in total. The molecule has 28 heavy (non-hydrogen) atoms. The first-order chi connectivity index (χ1) is 13.6. The Kier molecular flexibility index (Phi) is 4.68. The molecule has 0 unspecified atom stereocenters. The van der Waals surface area contributed by atoms with Gasteiger partial charge in [-0.3, -0.25) is 9.59 Å². The number of anilines is 1. The Morgan fingerprint density at radius 1 is 0.679 bits per heavy atom. The number of nitrogens with one attached hydrogen (secondary N) is 1. The molecule has 0 spiro atoms. The lowest BCUT2D eigenvalue weighted by molar-refractivity contribution is 0.102. The van der Waals surface area contributed by atoms with Gasteiger partial charge in [0.05, 0.1) is 11.3 Å². The molecule has 1 amide bonds. The van der Waals surface area contributed by atoms with Crippen molar-refractivity contribution in [3.05, 3.63) is 114 Å². The third kappa shape index (κ3) is 3.40. The van der Waals surface area contributed by atoms with Crippen LogP contribution in [0, 0.1) is 5.82 Å². The molecule has 0 aromatic heterocycles. The first kappa shape index (κ1) is 17.6. The summed E-state index contributed by atoms with van der Waals surface area (Å²) in [6, 6.07) is 25.5. The summed E-state index contributed by atoms with van der Waals surface area (Å²) in [5, 5.41) is 4.51. The van der Waals surface area contributed by atoms with E-state index in [9.17, 15) is 14.0 Å². The van der Waals surface area contributed by atoms with Gasteiger partial charge < -0.3 is 5.32 Å². The third-order valence-corrected chi connectivity index (χ3v) is 4.53. The highest BCUT2D eigenvalue weighted by Gasteiger charge is 2.19. The maximum Gasteiger partial charge on any atom is 0.255 e. The molecule has 0 fully saturated rings. The van der Waals surface area contributed by atoms with Gasteiger partial charge in [0, 0.05) is 11.1 Å².